The topological polar surface area (TPSA) is 84.9 Å². The fourth-order valence-electron chi connectivity index (χ4n) is 4.98. The van der Waals surface area contributed by atoms with Gasteiger partial charge in [-0.2, -0.15) is 0 Å². The van der Waals surface area contributed by atoms with Gasteiger partial charge in [0.1, 0.15) is 5.75 Å². The van der Waals surface area contributed by atoms with Crippen molar-refractivity contribution < 1.29 is 22.7 Å². The second-order valence-electron chi connectivity index (χ2n) is 9.25. The van der Waals surface area contributed by atoms with Crippen LogP contribution in [0.3, 0.4) is 0 Å². The second kappa shape index (κ2) is 12.5. The molecular formula is C26H38N2O5S. The number of nitrogens with zero attached hydrogens (tertiary/aromatic N) is 1. The van der Waals surface area contributed by atoms with Crippen molar-refractivity contribution in [2.24, 2.45) is 0 Å². The molecule has 1 saturated heterocycles. The normalized spacial score (nSPS) is 25.5. The van der Waals surface area contributed by atoms with E-state index in [4.69, 9.17) is 9.47 Å². The molecule has 1 heterocycles. The quantitative estimate of drug-likeness (QED) is 0.290. The van der Waals surface area contributed by atoms with Crippen LogP contribution in [0.2, 0.25) is 0 Å². The molecule has 188 valence electrons. The van der Waals surface area contributed by atoms with Gasteiger partial charge < -0.3 is 14.4 Å². The molecule has 1 amide bonds. The van der Waals surface area contributed by atoms with Crippen LogP contribution >= 0.6 is 0 Å². The van der Waals surface area contributed by atoms with Gasteiger partial charge >= 0.3 is 0 Å². The first-order valence-corrected chi connectivity index (χ1v) is 14.1. The average Bonchev–Trinajstić information content (AvgIpc) is 2.82. The van der Waals surface area contributed by atoms with Gasteiger partial charge in [-0.1, -0.05) is 24.8 Å². The molecular weight excluding hydrogens is 452 g/mol. The maximum atomic E-state index is 12.4. The molecule has 1 aromatic carbocycles. The molecule has 1 unspecified atom stereocenters. The summed E-state index contributed by atoms with van der Waals surface area (Å²) in [7, 11) is -3.39. The number of amides is 1. The largest absolute Gasteiger partial charge is 0.493 e. The summed E-state index contributed by atoms with van der Waals surface area (Å²) in [6.45, 7) is 8.86. The van der Waals surface area contributed by atoms with E-state index in [1.54, 1.807) is 4.90 Å². The number of carbonyl (C=O) groups excluding carboxylic acids is 1. The molecule has 2 aliphatic rings. The van der Waals surface area contributed by atoms with Crippen LogP contribution in [0.4, 0.5) is 0 Å². The summed E-state index contributed by atoms with van der Waals surface area (Å²) >= 11 is 0. The zero-order chi connectivity index (χ0) is 24.6. The highest BCUT2D eigenvalue weighted by molar-refractivity contribution is 7.88. The number of piperidine rings is 1. The van der Waals surface area contributed by atoms with Crippen molar-refractivity contribution >= 4 is 15.9 Å². The lowest BCUT2D eigenvalue weighted by Crippen LogP contribution is -2.58. The molecule has 34 heavy (non-hydrogen) atoms. The Hall–Kier alpha value is -2.16. The van der Waals surface area contributed by atoms with E-state index in [0.29, 0.717) is 32.1 Å². The summed E-state index contributed by atoms with van der Waals surface area (Å²) < 4.78 is 38.5. The van der Waals surface area contributed by atoms with E-state index in [2.05, 4.69) is 30.0 Å². The SMILES string of the molecule is C=CCCOc1cccc(C2CCC(OCC3[C@@H](NS(C)(=O)=O)CCCN3C(=O)C=C)CC2)c1. The van der Waals surface area contributed by atoms with E-state index in [1.807, 2.05) is 18.2 Å². The average molecular weight is 491 g/mol. The van der Waals surface area contributed by atoms with Crippen LogP contribution in [0.25, 0.3) is 0 Å². The Morgan fingerprint density at radius 2 is 1.97 bits per heavy atom. The van der Waals surface area contributed by atoms with Gasteiger partial charge in [-0.3, -0.25) is 4.79 Å². The maximum Gasteiger partial charge on any atom is 0.246 e. The Morgan fingerprint density at radius 3 is 2.65 bits per heavy atom. The Balaban J connectivity index is 1.56. The number of likely N-dealkylation sites (tertiary alicyclic amines) is 1. The van der Waals surface area contributed by atoms with E-state index in [-0.39, 0.29) is 24.1 Å². The van der Waals surface area contributed by atoms with Crippen LogP contribution in [0.5, 0.6) is 5.75 Å². The molecule has 1 aliphatic carbocycles. The standard InChI is InChI=1S/C26H38N2O5S/c1-4-6-17-32-23-10-7-9-21(18-23)20-12-14-22(15-13-20)33-19-25-24(27-34(3,30)31)11-8-16-28(25)26(29)5-2/h4-5,7,9-10,18,20,22,24-25,27H,1-2,6,8,11-17,19H2,3H3/t20?,22?,24-,25?/m0/s1. The predicted molar refractivity (Wildman–Crippen MR) is 134 cm³/mol. The Kier molecular flexibility index (Phi) is 9.74. The van der Waals surface area contributed by atoms with Crippen molar-refractivity contribution in [2.45, 2.75) is 69.1 Å². The van der Waals surface area contributed by atoms with Gasteiger partial charge in [-0.05, 0) is 74.6 Å². The third-order valence-corrected chi connectivity index (χ3v) is 7.43. The lowest BCUT2D eigenvalue weighted by Gasteiger charge is -2.41. The fourth-order valence-corrected chi connectivity index (χ4v) is 5.81. The smallest absolute Gasteiger partial charge is 0.246 e. The van der Waals surface area contributed by atoms with E-state index in [9.17, 15) is 13.2 Å². The number of benzene rings is 1. The molecule has 1 saturated carbocycles. The maximum absolute atomic E-state index is 12.4. The molecule has 1 N–H and O–H groups in total. The fraction of sp³-hybridized carbons (Fsp3) is 0.577. The highest BCUT2D eigenvalue weighted by Crippen LogP contribution is 2.35. The minimum absolute atomic E-state index is 0.102. The summed E-state index contributed by atoms with van der Waals surface area (Å²) in [5.74, 6) is 1.18. The van der Waals surface area contributed by atoms with E-state index in [1.165, 1.54) is 11.6 Å². The molecule has 2 atom stereocenters. The van der Waals surface area contributed by atoms with Crippen molar-refractivity contribution in [1.82, 2.24) is 9.62 Å². The van der Waals surface area contributed by atoms with Gasteiger partial charge in [-0.15, -0.1) is 6.58 Å². The van der Waals surface area contributed by atoms with Gasteiger partial charge in [-0.25, -0.2) is 13.1 Å². The van der Waals surface area contributed by atoms with E-state index in [0.717, 1.165) is 50.5 Å². The van der Waals surface area contributed by atoms with Crippen molar-refractivity contribution in [1.29, 1.82) is 0 Å². The highest BCUT2D eigenvalue weighted by atomic mass is 32.2. The second-order valence-corrected chi connectivity index (χ2v) is 11.0. The van der Waals surface area contributed by atoms with Gasteiger partial charge in [0.25, 0.3) is 0 Å². The number of nitrogens with one attached hydrogen (secondary N) is 1. The molecule has 1 aliphatic heterocycles. The third kappa shape index (κ3) is 7.68. The Bertz CT molecular complexity index is 940. The van der Waals surface area contributed by atoms with E-state index >= 15 is 0 Å². The number of sulfonamides is 1. The minimum Gasteiger partial charge on any atom is -0.493 e. The lowest BCUT2D eigenvalue weighted by atomic mass is 9.82. The lowest BCUT2D eigenvalue weighted by molar-refractivity contribution is -0.133. The molecule has 8 heteroatoms. The summed E-state index contributed by atoms with van der Waals surface area (Å²) in [5, 5.41) is 0. The number of hydrogen-bond donors (Lipinski definition) is 1. The molecule has 7 nitrogen and oxygen atoms in total. The molecule has 0 spiro atoms. The molecule has 0 radical (unpaired) electrons. The van der Waals surface area contributed by atoms with Gasteiger partial charge in [0.2, 0.25) is 15.9 Å². The number of carbonyl (C=O) groups is 1. The zero-order valence-electron chi connectivity index (χ0n) is 20.2. The molecule has 3 rings (SSSR count). The van der Waals surface area contributed by atoms with Crippen LogP contribution in [0.15, 0.2) is 49.6 Å². The van der Waals surface area contributed by atoms with Crippen LogP contribution in [0, 0.1) is 0 Å². The molecule has 0 bridgehead atoms. The zero-order valence-corrected chi connectivity index (χ0v) is 21.0. The summed E-state index contributed by atoms with van der Waals surface area (Å²) in [6.07, 6.45) is 10.5. The molecule has 1 aromatic rings. The van der Waals surface area contributed by atoms with Crippen LogP contribution in [0.1, 0.15) is 56.4 Å². The Labute approximate surface area is 204 Å². The van der Waals surface area contributed by atoms with Crippen molar-refractivity contribution in [3.05, 3.63) is 55.1 Å². The van der Waals surface area contributed by atoms with Crippen molar-refractivity contribution in [3.8, 4) is 5.75 Å². The minimum atomic E-state index is -3.39. The first-order valence-electron chi connectivity index (χ1n) is 12.2. The first kappa shape index (κ1) is 26.4. The van der Waals surface area contributed by atoms with Gasteiger partial charge in [0.05, 0.1) is 31.6 Å². The Morgan fingerprint density at radius 1 is 1.21 bits per heavy atom. The third-order valence-electron chi connectivity index (χ3n) is 6.70. The summed E-state index contributed by atoms with van der Waals surface area (Å²) in [5.41, 5.74) is 1.29. The summed E-state index contributed by atoms with van der Waals surface area (Å²) in [4.78, 5) is 14.1. The summed E-state index contributed by atoms with van der Waals surface area (Å²) in [6, 6.07) is 7.64. The van der Waals surface area contributed by atoms with Crippen LogP contribution < -0.4 is 9.46 Å². The van der Waals surface area contributed by atoms with Crippen LogP contribution in [-0.4, -0.2) is 63.4 Å². The number of ether oxygens (including phenoxy) is 2. The molecule has 2 fully saturated rings. The van der Waals surface area contributed by atoms with Crippen LogP contribution in [-0.2, 0) is 19.6 Å². The van der Waals surface area contributed by atoms with Gasteiger partial charge in [0, 0.05) is 12.6 Å². The predicted octanol–water partition coefficient (Wildman–Crippen LogP) is 3.78. The van der Waals surface area contributed by atoms with Crippen molar-refractivity contribution in [3.63, 3.8) is 0 Å². The first-order chi connectivity index (χ1) is 16.3. The molecule has 0 aromatic heterocycles. The number of hydrogen-bond acceptors (Lipinski definition) is 5. The highest BCUT2D eigenvalue weighted by Gasteiger charge is 2.36. The van der Waals surface area contributed by atoms with Crippen molar-refractivity contribution in [2.75, 3.05) is 26.0 Å². The monoisotopic (exact) mass is 490 g/mol. The van der Waals surface area contributed by atoms with E-state index < -0.39 is 10.0 Å². The number of rotatable bonds is 11. The van der Waals surface area contributed by atoms with Gasteiger partial charge in [0.15, 0.2) is 0 Å².